The fourth-order valence-corrected chi connectivity index (χ4v) is 3.99. The topological polar surface area (TPSA) is 108 Å². The Morgan fingerprint density at radius 1 is 1.19 bits per heavy atom. The van der Waals surface area contributed by atoms with Gasteiger partial charge in [-0.3, -0.25) is 19.7 Å². The minimum absolute atomic E-state index is 0. The summed E-state index contributed by atoms with van der Waals surface area (Å²) in [5, 5.41) is 14.8. The third-order valence-electron chi connectivity index (χ3n) is 5.16. The zero-order chi connectivity index (χ0) is 17.6. The van der Waals surface area contributed by atoms with Crippen LogP contribution >= 0.6 is 12.4 Å². The number of nitro benzene ring substituents is 1. The average Bonchev–Trinajstić information content (AvgIpc) is 2.85. The van der Waals surface area contributed by atoms with Crippen LogP contribution in [0.1, 0.15) is 29.6 Å². The van der Waals surface area contributed by atoms with E-state index in [9.17, 15) is 19.7 Å². The highest BCUT2D eigenvalue weighted by atomic mass is 35.5. The van der Waals surface area contributed by atoms with E-state index in [0.29, 0.717) is 10.9 Å². The summed E-state index contributed by atoms with van der Waals surface area (Å²) < 4.78 is 0. The van der Waals surface area contributed by atoms with Gasteiger partial charge in [0.15, 0.2) is 0 Å². The summed E-state index contributed by atoms with van der Waals surface area (Å²) in [5.74, 6) is -0.215. The molecule has 4 rings (SSSR count). The molecule has 2 aliphatic heterocycles. The van der Waals surface area contributed by atoms with Crippen molar-refractivity contribution in [2.24, 2.45) is 0 Å². The van der Waals surface area contributed by atoms with Crippen LogP contribution in [0.5, 0.6) is 0 Å². The van der Waals surface area contributed by atoms with Gasteiger partial charge < -0.3 is 15.2 Å². The number of fused-ring (bicyclic) bond motifs is 3. The Balaban J connectivity index is 0.00000196. The van der Waals surface area contributed by atoms with Crippen molar-refractivity contribution in [3.8, 4) is 0 Å². The molecule has 2 aromatic rings. The Labute approximate surface area is 155 Å². The molecule has 2 saturated heterocycles. The van der Waals surface area contributed by atoms with E-state index < -0.39 is 4.92 Å². The number of hydrogen-bond acceptors (Lipinski definition) is 5. The van der Waals surface area contributed by atoms with Gasteiger partial charge in [0, 0.05) is 47.7 Å². The molecule has 0 aliphatic carbocycles. The second kappa shape index (κ2) is 7.05. The number of H-pyrrole nitrogens is 1. The fourth-order valence-electron chi connectivity index (χ4n) is 3.99. The van der Waals surface area contributed by atoms with Gasteiger partial charge in [-0.1, -0.05) is 0 Å². The summed E-state index contributed by atoms with van der Waals surface area (Å²) in [5.41, 5.74) is 0.182. The van der Waals surface area contributed by atoms with Crippen molar-refractivity contribution < 1.29 is 9.72 Å². The highest BCUT2D eigenvalue weighted by molar-refractivity contribution is 6.06. The van der Waals surface area contributed by atoms with Crippen molar-refractivity contribution in [1.82, 2.24) is 15.2 Å². The van der Waals surface area contributed by atoms with Crippen molar-refractivity contribution in [3.05, 3.63) is 50.3 Å². The molecule has 2 unspecified atom stereocenters. The van der Waals surface area contributed by atoms with E-state index in [4.69, 9.17) is 0 Å². The molecule has 3 heterocycles. The average molecular weight is 379 g/mol. The summed E-state index contributed by atoms with van der Waals surface area (Å²) in [6.07, 6.45) is 2.77. The van der Waals surface area contributed by atoms with Crippen LogP contribution in [-0.2, 0) is 0 Å². The summed E-state index contributed by atoms with van der Waals surface area (Å²) in [6.45, 7) is 1.61. The Morgan fingerprint density at radius 2 is 1.96 bits per heavy atom. The quantitative estimate of drug-likeness (QED) is 0.612. The standard InChI is InChI=1S/C17H18N4O4.ClH/c22-16-8-14(13-7-11(21(24)25)3-4-15(13)19-16)17(23)20-10-1-2-12(20)9-18-6-5-10;/h3-4,7-8,10,12,18H,1-2,5-6,9H2,(H,19,22);1H. The van der Waals surface area contributed by atoms with Crippen LogP contribution in [0.3, 0.4) is 0 Å². The molecule has 2 bridgehead atoms. The summed E-state index contributed by atoms with van der Waals surface area (Å²) in [6, 6.07) is 5.67. The summed E-state index contributed by atoms with van der Waals surface area (Å²) in [7, 11) is 0. The first-order valence-corrected chi connectivity index (χ1v) is 8.39. The first-order valence-electron chi connectivity index (χ1n) is 8.39. The van der Waals surface area contributed by atoms with Gasteiger partial charge in [-0.05, 0) is 31.9 Å². The molecule has 2 aliphatic rings. The van der Waals surface area contributed by atoms with Crippen LogP contribution in [-0.4, -0.2) is 45.9 Å². The first-order chi connectivity index (χ1) is 12.0. The van der Waals surface area contributed by atoms with E-state index in [1.807, 2.05) is 4.90 Å². The number of halogens is 1. The molecule has 0 spiro atoms. The highest BCUT2D eigenvalue weighted by Crippen LogP contribution is 2.31. The van der Waals surface area contributed by atoms with Gasteiger partial charge in [0.25, 0.3) is 11.6 Å². The number of aromatic nitrogens is 1. The number of nitrogens with one attached hydrogen (secondary N) is 2. The number of amides is 1. The van der Waals surface area contributed by atoms with Gasteiger partial charge in [0.1, 0.15) is 0 Å². The molecule has 138 valence electrons. The molecular weight excluding hydrogens is 360 g/mol. The number of carbonyl (C=O) groups is 1. The maximum atomic E-state index is 13.2. The van der Waals surface area contributed by atoms with E-state index in [2.05, 4.69) is 10.3 Å². The van der Waals surface area contributed by atoms with E-state index in [0.717, 1.165) is 32.4 Å². The molecule has 0 radical (unpaired) electrons. The maximum Gasteiger partial charge on any atom is 0.270 e. The molecule has 1 aromatic heterocycles. The van der Waals surface area contributed by atoms with Gasteiger partial charge in [0.2, 0.25) is 5.56 Å². The SMILES string of the molecule is Cl.O=C(c1cc(=O)[nH]c2ccc([N+](=O)[O-])cc12)N1C2CCNCC1CC2. The van der Waals surface area contributed by atoms with Gasteiger partial charge in [-0.25, -0.2) is 0 Å². The Hall–Kier alpha value is -2.45. The van der Waals surface area contributed by atoms with Crippen molar-refractivity contribution in [2.75, 3.05) is 13.1 Å². The predicted octanol–water partition coefficient (Wildman–Crippen LogP) is 1.82. The molecule has 26 heavy (non-hydrogen) atoms. The van der Waals surface area contributed by atoms with Crippen LogP contribution in [0.15, 0.2) is 29.1 Å². The third kappa shape index (κ3) is 3.06. The molecule has 8 nitrogen and oxygen atoms in total. The normalized spacial score (nSPS) is 21.9. The van der Waals surface area contributed by atoms with Crippen LogP contribution < -0.4 is 10.9 Å². The zero-order valence-corrected chi connectivity index (χ0v) is 14.8. The fraction of sp³-hybridized carbons (Fsp3) is 0.412. The molecule has 2 fully saturated rings. The lowest BCUT2D eigenvalue weighted by atomic mass is 10.1. The van der Waals surface area contributed by atoms with Gasteiger partial charge >= 0.3 is 0 Å². The number of pyridine rings is 1. The monoisotopic (exact) mass is 378 g/mol. The summed E-state index contributed by atoms with van der Waals surface area (Å²) >= 11 is 0. The number of aromatic amines is 1. The number of non-ortho nitro benzene ring substituents is 1. The van der Waals surface area contributed by atoms with Crippen LogP contribution in [0, 0.1) is 10.1 Å². The lowest BCUT2D eigenvalue weighted by Gasteiger charge is -2.28. The number of hydrogen-bond donors (Lipinski definition) is 2. The van der Waals surface area contributed by atoms with Gasteiger partial charge in [0.05, 0.1) is 10.5 Å². The zero-order valence-electron chi connectivity index (χ0n) is 13.9. The van der Waals surface area contributed by atoms with Crippen molar-refractivity contribution >= 4 is 34.9 Å². The maximum absolute atomic E-state index is 13.2. The highest BCUT2D eigenvalue weighted by Gasteiger charge is 2.38. The second-order valence-electron chi connectivity index (χ2n) is 6.62. The van der Waals surface area contributed by atoms with Gasteiger partial charge in [-0.15, -0.1) is 12.4 Å². The van der Waals surface area contributed by atoms with Crippen molar-refractivity contribution in [3.63, 3.8) is 0 Å². The smallest absolute Gasteiger partial charge is 0.270 e. The number of rotatable bonds is 2. The summed E-state index contributed by atoms with van der Waals surface area (Å²) in [4.78, 5) is 40.3. The number of benzene rings is 1. The first kappa shape index (κ1) is 18.3. The van der Waals surface area contributed by atoms with Crippen LogP contribution in [0.4, 0.5) is 5.69 Å². The Morgan fingerprint density at radius 3 is 2.73 bits per heavy atom. The second-order valence-corrected chi connectivity index (χ2v) is 6.62. The molecule has 9 heteroatoms. The van der Waals surface area contributed by atoms with E-state index in [-0.39, 0.29) is 47.2 Å². The van der Waals surface area contributed by atoms with E-state index in [1.54, 1.807) is 0 Å². The number of nitrogens with zero attached hydrogens (tertiary/aromatic N) is 2. The molecule has 1 amide bonds. The van der Waals surface area contributed by atoms with Crippen molar-refractivity contribution in [1.29, 1.82) is 0 Å². The van der Waals surface area contributed by atoms with Gasteiger partial charge in [-0.2, -0.15) is 0 Å². The third-order valence-corrected chi connectivity index (χ3v) is 5.16. The minimum atomic E-state index is -0.502. The molecular formula is C17H19ClN4O4. The predicted molar refractivity (Wildman–Crippen MR) is 98.9 cm³/mol. The Kier molecular flexibility index (Phi) is 4.97. The number of carbonyl (C=O) groups excluding carboxylic acids is 1. The van der Waals surface area contributed by atoms with Crippen LogP contribution in [0.25, 0.3) is 10.9 Å². The lowest BCUT2D eigenvalue weighted by Crippen LogP contribution is -2.42. The van der Waals surface area contributed by atoms with E-state index in [1.165, 1.54) is 24.3 Å². The molecule has 2 N–H and O–H groups in total. The lowest BCUT2D eigenvalue weighted by molar-refractivity contribution is -0.384. The Bertz CT molecular complexity index is 915. The van der Waals surface area contributed by atoms with Crippen LogP contribution in [0.2, 0.25) is 0 Å². The molecule has 0 saturated carbocycles. The number of nitro groups is 1. The molecule has 2 atom stereocenters. The molecule has 1 aromatic carbocycles. The minimum Gasteiger partial charge on any atom is -0.331 e. The largest absolute Gasteiger partial charge is 0.331 e. The van der Waals surface area contributed by atoms with E-state index >= 15 is 0 Å². The van der Waals surface area contributed by atoms with Crippen molar-refractivity contribution in [2.45, 2.75) is 31.3 Å².